The van der Waals surface area contributed by atoms with Gasteiger partial charge >= 0.3 is 0 Å². The normalized spacial score (nSPS) is 30.1. The highest BCUT2D eigenvalue weighted by molar-refractivity contribution is 7.89. The highest BCUT2D eigenvalue weighted by Crippen LogP contribution is 2.30. The molecule has 0 bridgehead atoms. The summed E-state index contributed by atoms with van der Waals surface area (Å²) in [5.41, 5.74) is 0. The van der Waals surface area contributed by atoms with E-state index in [1.165, 1.54) is 19.3 Å². The van der Waals surface area contributed by atoms with Crippen molar-refractivity contribution in [3.05, 3.63) is 0 Å². The minimum absolute atomic E-state index is 0.239. The van der Waals surface area contributed by atoms with Crippen LogP contribution >= 0.6 is 11.6 Å². The van der Waals surface area contributed by atoms with E-state index in [0.717, 1.165) is 32.1 Å². The zero-order chi connectivity index (χ0) is 13.0. The Kier molecular flexibility index (Phi) is 5.34. The lowest BCUT2D eigenvalue weighted by Crippen LogP contribution is -2.34. The summed E-state index contributed by atoms with van der Waals surface area (Å²) in [5, 5.41) is 0.239. The molecule has 0 aromatic rings. The van der Waals surface area contributed by atoms with Crippen molar-refractivity contribution in [2.75, 3.05) is 12.3 Å². The van der Waals surface area contributed by atoms with E-state index in [1.807, 2.05) is 0 Å². The van der Waals surface area contributed by atoms with E-state index in [4.69, 9.17) is 11.6 Å². The molecule has 5 heteroatoms. The Morgan fingerprint density at radius 1 is 1.06 bits per heavy atom. The molecule has 2 unspecified atom stereocenters. The van der Waals surface area contributed by atoms with Crippen LogP contribution in [0.4, 0.5) is 0 Å². The highest BCUT2D eigenvalue weighted by Gasteiger charge is 2.23. The molecule has 0 aliphatic heterocycles. The third kappa shape index (κ3) is 4.71. The second-order valence-electron chi connectivity index (χ2n) is 5.88. The first-order chi connectivity index (χ1) is 8.55. The van der Waals surface area contributed by atoms with Gasteiger partial charge in [-0.05, 0) is 37.5 Å². The molecular weight excluding hydrogens is 270 g/mol. The van der Waals surface area contributed by atoms with Gasteiger partial charge < -0.3 is 0 Å². The van der Waals surface area contributed by atoms with Gasteiger partial charge in [0.1, 0.15) is 0 Å². The molecule has 0 aromatic carbocycles. The molecule has 0 radical (unpaired) electrons. The van der Waals surface area contributed by atoms with E-state index in [0.29, 0.717) is 24.1 Å². The van der Waals surface area contributed by atoms with Crippen molar-refractivity contribution in [1.82, 2.24) is 4.72 Å². The van der Waals surface area contributed by atoms with E-state index in [9.17, 15) is 8.42 Å². The molecule has 2 atom stereocenters. The minimum Gasteiger partial charge on any atom is -0.215 e. The molecule has 0 aromatic heterocycles. The number of sulfonamides is 1. The van der Waals surface area contributed by atoms with E-state index in [1.54, 1.807) is 0 Å². The SMILES string of the molecule is O=S(=O)(CCC1CCC1)NCC1CCCC(Cl)C1. The smallest absolute Gasteiger partial charge is 0.211 e. The van der Waals surface area contributed by atoms with E-state index in [2.05, 4.69) is 4.72 Å². The first-order valence-electron chi connectivity index (χ1n) is 7.16. The lowest BCUT2D eigenvalue weighted by Gasteiger charge is -2.26. The molecule has 2 saturated carbocycles. The Bertz CT molecular complexity index is 354. The number of hydrogen-bond donors (Lipinski definition) is 1. The number of halogens is 1. The number of hydrogen-bond acceptors (Lipinski definition) is 2. The molecule has 0 spiro atoms. The van der Waals surface area contributed by atoms with E-state index in [-0.39, 0.29) is 5.38 Å². The van der Waals surface area contributed by atoms with Crippen molar-refractivity contribution in [2.45, 2.75) is 56.7 Å². The van der Waals surface area contributed by atoms with Crippen LogP contribution in [0.3, 0.4) is 0 Å². The Morgan fingerprint density at radius 2 is 1.72 bits per heavy atom. The maximum absolute atomic E-state index is 11.9. The van der Waals surface area contributed by atoms with Crippen molar-refractivity contribution < 1.29 is 8.42 Å². The Labute approximate surface area is 116 Å². The van der Waals surface area contributed by atoms with E-state index < -0.39 is 10.0 Å². The van der Waals surface area contributed by atoms with Gasteiger partial charge in [0.15, 0.2) is 0 Å². The van der Waals surface area contributed by atoms with Gasteiger partial charge in [0.2, 0.25) is 10.0 Å². The summed E-state index contributed by atoms with van der Waals surface area (Å²) in [4.78, 5) is 0. The van der Waals surface area contributed by atoms with Gasteiger partial charge in [-0.3, -0.25) is 0 Å². The summed E-state index contributed by atoms with van der Waals surface area (Å²) in [5.74, 6) is 1.39. The van der Waals surface area contributed by atoms with Gasteiger partial charge in [-0.2, -0.15) is 0 Å². The first kappa shape index (κ1) is 14.6. The van der Waals surface area contributed by atoms with Crippen LogP contribution in [-0.2, 0) is 10.0 Å². The van der Waals surface area contributed by atoms with Crippen LogP contribution < -0.4 is 4.72 Å². The van der Waals surface area contributed by atoms with Crippen LogP contribution in [0, 0.1) is 11.8 Å². The van der Waals surface area contributed by atoms with Gasteiger partial charge in [-0.15, -0.1) is 11.6 Å². The average molecular weight is 294 g/mol. The summed E-state index contributed by atoms with van der Waals surface area (Å²) in [6, 6.07) is 0. The molecule has 0 amide bonds. The first-order valence-corrected chi connectivity index (χ1v) is 9.25. The maximum atomic E-state index is 11.9. The molecule has 2 aliphatic rings. The molecule has 2 fully saturated rings. The van der Waals surface area contributed by atoms with Crippen molar-refractivity contribution in [1.29, 1.82) is 0 Å². The zero-order valence-electron chi connectivity index (χ0n) is 10.9. The number of rotatable bonds is 6. The maximum Gasteiger partial charge on any atom is 0.211 e. The topological polar surface area (TPSA) is 46.2 Å². The second-order valence-corrected chi connectivity index (χ2v) is 8.43. The highest BCUT2D eigenvalue weighted by atomic mass is 35.5. The van der Waals surface area contributed by atoms with Crippen LogP contribution in [0.15, 0.2) is 0 Å². The third-order valence-electron chi connectivity index (χ3n) is 4.33. The molecule has 3 nitrogen and oxygen atoms in total. The van der Waals surface area contributed by atoms with Crippen molar-refractivity contribution >= 4 is 21.6 Å². The molecule has 2 rings (SSSR count). The van der Waals surface area contributed by atoms with Crippen LogP contribution in [0.5, 0.6) is 0 Å². The largest absolute Gasteiger partial charge is 0.215 e. The zero-order valence-corrected chi connectivity index (χ0v) is 12.5. The minimum atomic E-state index is -3.06. The predicted octanol–water partition coefficient (Wildman–Crippen LogP) is 2.89. The molecular formula is C13H24ClNO2S. The summed E-state index contributed by atoms with van der Waals surface area (Å²) in [6.07, 6.45) is 8.80. The van der Waals surface area contributed by atoms with Crippen LogP contribution in [0.25, 0.3) is 0 Å². The van der Waals surface area contributed by atoms with E-state index >= 15 is 0 Å². The average Bonchev–Trinajstić information content (AvgIpc) is 2.24. The van der Waals surface area contributed by atoms with Crippen LogP contribution in [0.1, 0.15) is 51.4 Å². The van der Waals surface area contributed by atoms with Gasteiger partial charge in [0.25, 0.3) is 0 Å². The van der Waals surface area contributed by atoms with Gasteiger partial charge in [0.05, 0.1) is 5.75 Å². The molecule has 2 aliphatic carbocycles. The lowest BCUT2D eigenvalue weighted by molar-refractivity contribution is 0.307. The molecule has 1 N–H and O–H groups in total. The Balaban J connectivity index is 1.67. The molecule has 18 heavy (non-hydrogen) atoms. The number of nitrogens with one attached hydrogen (secondary N) is 1. The summed E-state index contributed by atoms with van der Waals surface area (Å²) < 4.78 is 26.5. The van der Waals surface area contributed by atoms with Crippen molar-refractivity contribution in [3.63, 3.8) is 0 Å². The van der Waals surface area contributed by atoms with Gasteiger partial charge in [-0.25, -0.2) is 13.1 Å². The predicted molar refractivity (Wildman–Crippen MR) is 75.3 cm³/mol. The molecule has 106 valence electrons. The van der Waals surface area contributed by atoms with Gasteiger partial charge in [0, 0.05) is 11.9 Å². The third-order valence-corrected chi connectivity index (χ3v) is 6.11. The molecule has 0 saturated heterocycles. The number of alkyl halides is 1. The lowest BCUT2D eigenvalue weighted by atomic mass is 9.84. The van der Waals surface area contributed by atoms with Crippen molar-refractivity contribution in [2.24, 2.45) is 11.8 Å². The molecule has 0 heterocycles. The fourth-order valence-electron chi connectivity index (χ4n) is 2.83. The fourth-order valence-corrected chi connectivity index (χ4v) is 4.51. The van der Waals surface area contributed by atoms with Gasteiger partial charge in [-0.1, -0.05) is 25.7 Å². The van der Waals surface area contributed by atoms with Crippen LogP contribution in [-0.4, -0.2) is 26.1 Å². The Morgan fingerprint density at radius 3 is 2.33 bits per heavy atom. The summed E-state index contributed by atoms with van der Waals surface area (Å²) >= 11 is 6.11. The monoisotopic (exact) mass is 293 g/mol. The Hall–Kier alpha value is 0.200. The standard InChI is InChI=1S/C13H24ClNO2S/c14-13-6-2-5-12(9-13)10-15-18(16,17)8-7-11-3-1-4-11/h11-13,15H,1-10H2. The fraction of sp³-hybridized carbons (Fsp3) is 1.00. The van der Waals surface area contributed by atoms with Crippen LogP contribution in [0.2, 0.25) is 0 Å². The summed E-state index contributed by atoms with van der Waals surface area (Å²) in [6.45, 7) is 0.580. The second kappa shape index (κ2) is 6.58. The quantitative estimate of drug-likeness (QED) is 0.766. The summed E-state index contributed by atoms with van der Waals surface area (Å²) in [7, 11) is -3.06. The van der Waals surface area contributed by atoms with Crippen molar-refractivity contribution in [3.8, 4) is 0 Å².